The second kappa shape index (κ2) is 3.20. The molecule has 2 aliphatic rings. The molecular weight excluding hydrogens is 176 g/mol. The number of rotatable bonds is 1. The predicted octanol–water partition coefficient (Wildman–Crippen LogP) is 0.132. The minimum Gasteiger partial charge on any atom is -0.354 e. The average Bonchev–Trinajstić information content (AvgIpc) is 2.78. The monoisotopic (exact) mass is 190 g/mol. The van der Waals surface area contributed by atoms with E-state index in [2.05, 4.69) is 20.4 Å². The SMILES string of the molecule is c1cnnc(N2CC3CNCC3C2)c1. The third-order valence-electron chi connectivity index (χ3n) is 3.27. The van der Waals surface area contributed by atoms with Crippen LogP contribution in [0, 0.1) is 11.8 Å². The molecule has 0 radical (unpaired) electrons. The van der Waals surface area contributed by atoms with Crippen LogP contribution in [0.3, 0.4) is 0 Å². The molecule has 14 heavy (non-hydrogen) atoms. The molecule has 74 valence electrons. The molecule has 4 heteroatoms. The largest absolute Gasteiger partial charge is 0.354 e. The zero-order valence-electron chi connectivity index (χ0n) is 8.06. The van der Waals surface area contributed by atoms with Gasteiger partial charge in [-0.25, -0.2) is 0 Å². The van der Waals surface area contributed by atoms with Gasteiger partial charge >= 0.3 is 0 Å². The van der Waals surface area contributed by atoms with E-state index in [1.807, 2.05) is 12.1 Å². The van der Waals surface area contributed by atoms with E-state index in [9.17, 15) is 0 Å². The number of fused-ring (bicyclic) bond motifs is 1. The zero-order valence-corrected chi connectivity index (χ0v) is 8.06. The number of hydrogen-bond acceptors (Lipinski definition) is 4. The Morgan fingerprint density at radius 3 is 2.71 bits per heavy atom. The van der Waals surface area contributed by atoms with Crippen molar-refractivity contribution in [2.24, 2.45) is 11.8 Å². The minimum absolute atomic E-state index is 0.817. The van der Waals surface area contributed by atoms with Crippen molar-refractivity contribution in [3.8, 4) is 0 Å². The summed E-state index contributed by atoms with van der Waals surface area (Å²) in [7, 11) is 0. The van der Waals surface area contributed by atoms with Crippen molar-refractivity contribution in [3.05, 3.63) is 18.3 Å². The van der Waals surface area contributed by atoms with Crippen molar-refractivity contribution < 1.29 is 0 Å². The molecule has 0 bridgehead atoms. The summed E-state index contributed by atoms with van der Waals surface area (Å²) in [5.41, 5.74) is 0. The summed E-state index contributed by atoms with van der Waals surface area (Å²) in [5, 5.41) is 11.5. The van der Waals surface area contributed by atoms with Gasteiger partial charge in [0, 0.05) is 32.4 Å². The van der Waals surface area contributed by atoms with Crippen molar-refractivity contribution >= 4 is 5.82 Å². The van der Waals surface area contributed by atoms with Crippen molar-refractivity contribution in [3.63, 3.8) is 0 Å². The van der Waals surface area contributed by atoms with Crippen molar-refractivity contribution in [2.75, 3.05) is 31.1 Å². The Balaban J connectivity index is 1.77. The Morgan fingerprint density at radius 1 is 1.29 bits per heavy atom. The van der Waals surface area contributed by atoms with Crippen LogP contribution in [0.5, 0.6) is 0 Å². The zero-order chi connectivity index (χ0) is 9.38. The van der Waals surface area contributed by atoms with Crippen LogP contribution >= 0.6 is 0 Å². The standard InChI is InChI=1S/C10H14N4/c1-2-10(13-12-3-1)14-6-8-4-11-5-9(8)7-14/h1-3,8-9,11H,4-7H2. The van der Waals surface area contributed by atoms with Crippen molar-refractivity contribution in [1.82, 2.24) is 15.5 Å². The van der Waals surface area contributed by atoms with E-state index in [-0.39, 0.29) is 0 Å². The number of nitrogens with zero attached hydrogens (tertiary/aromatic N) is 3. The van der Waals surface area contributed by atoms with Gasteiger partial charge in [0.1, 0.15) is 0 Å². The molecule has 4 nitrogen and oxygen atoms in total. The summed E-state index contributed by atoms with van der Waals surface area (Å²) in [6, 6.07) is 4.00. The third-order valence-corrected chi connectivity index (χ3v) is 3.27. The van der Waals surface area contributed by atoms with Gasteiger partial charge in [-0.15, -0.1) is 5.10 Å². The van der Waals surface area contributed by atoms with Gasteiger partial charge in [-0.3, -0.25) is 0 Å². The first-order chi connectivity index (χ1) is 6.93. The average molecular weight is 190 g/mol. The Hall–Kier alpha value is -1.16. The maximum Gasteiger partial charge on any atom is 0.151 e. The van der Waals surface area contributed by atoms with E-state index in [1.165, 1.54) is 13.1 Å². The van der Waals surface area contributed by atoms with E-state index in [0.717, 1.165) is 30.7 Å². The first-order valence-electron chi connectivity index (χ1n) is 5.17. The summed E-state index contributed by atoms with van der Waals surface area (Å²) in [4.78, 5) is 2.35. The summed E-state index contributed by atoms with van der Waals surface area (Å²) in [6.45, 7) is 4.61. The number of nitrogens with one attached hydrogen (secondary N) is 1. The highest BCUT2D eigenvalue weighted by molar-refractivity contribution is 5.38. The lowest BCUT2D eigenvalue weighted by Gasteiger charge is -2.17. The van der Waals surface area contributed by atoms with Crippen LogP contribution in [0.2, 0.25) is 0 Å². The van der Waals surface area contributed by atoms with E-state index >= 15 is 0 Å². The fourth-order valence-electron chi connectivity index (χ4n) is 2.50. The Bertz CT molecular complexity index is 301. The molecule has 2 aliphatic heterocycles. The van der Waals surface area contributed by atoms with Gasteiger partial charge in [-0.05, 0) is 24.0 Å². The highest BCUT2D eigenvalue weighted by Crippen LogP contribution is 2.28. The highest BCUT2D eigenvalue weighted by atomic mass is 15.3. The molecule has 1 aromatic rings. The molecule has 2 saturated heterocycles. The van der Waals surface area contributed by atoms with E-state index < -0.39 is 0 Å². The molecule has 1 N–H and O–H groups in total. The first kappa shape index (κ1) is 8.17. The molecule has 0 amide bonds. The lowest BCUT2D eigenvalue weighted by molar-refractivity contribution is 0.533. The highest BCUT2D eigenvalue weighted by Gasteiger charge is 2.36. The molecule has 2 atom stereocenters. The van der Waals surface area contributed by atoms with Gasteiger partial charge in [0.15, 0.2) is 5.82 Å². The first-order valence-corrected chi connectivity index (χ1v) is 5.17. The second-order valence-corrected chi connectivity index (χ2v) is 4.17. The summed E-state index contributed by atoms with van der Waals surface area (Å²) >= 11 is 0. The summed E-state index contributed by atoms with van der Waals surface area (Å²) in [5.74, 6) is 2.66. The molecule has 2 unspecified atom stereocenters. The number of aromatic nitrogens is 2. The maximum atomic E-state index is 4.14. The van der Waals surface area contributed by atoms with Crippen LogP contribution in [0.1, 0.15) is 0 Å². The van der Waals surface area contributed by atoms with Gasteiger partial charge in [-0.2, -0.15) is 5.10 Å². The molecule has 0 saturated carbocycles. The Labute approximate surface area is 83.3 Å². The predicted molar refractivity (Wildman–Crippen MR) is 54.1 cm³/mol. The molecule has 3 rings (SSSR count). The van der Waals surface area contributed by atoms with Gasteiger partial charge in [0.25, 0.3) is 0 Å². The molecule has 1 aromatic heterocycles. The lowest BCUT2D eigenvalue weighted by atomic mass is 10.0. The Kier molecular flexibility index (Phi) is 1.87. The van der Waals surface area contributed by atoms with E-state index in [1.54, 1.807) is 6.20 Å². The van der Waals surface area contributed by atoms with Gasteiger partial charge in [-0.1, -0.05) is 0 Å². The van der Waals surface area contributed by atoms with Crippen molar-refractivity contribution in [1.29, 1.82) is 0 Å². The summed E-state index contributed by atoms with van der Waals surface area (Å²) < 4.78 is 0. The lowest BCUT2D eigenvalue weighted by Crippen LogP contribution is -2.26. The van der Waals surface area contributed by atoms with Gasteiger partial charge < -0.3 is 10.2 Å². The van der Waals surface area contributed by atoms with E-state index in [4.69, 9.17) is 0 Å². The Morgan fingerprint density at radius 2 is 2.07 bits per heavy atom. The second-order valence-electron chi connectivity index (χ2n) is 4.17. The van der Waals surface area contributed by atoms with E-state index in [0.29, 0.717) is 0 Å². The normalized spacial score (nSPS) is 30.7. The smallest absolute Gasteiger partial charge is 0.151 e. The number of anilines is 1. The van der Waals surface area contributed by atoms with Crippen LogP contribution in [0.4, 0.5) is 5.82 Å². The van der Waals surface area contributed by atoms with Crippen molar-refractivity contribution in [2.45, 2.75) is 0 Å². The topological polar surface area (TPSA) is 41.1 Å². The van der Waals surface area contributed by atoms with Gasteiger partial charge in [0.05, 0.1) is 0 Å². The molecule has 2 fully saturated rings. The number of hydrogen-bond donors (Lipinski definition) is 1. The fraction of sp³-hybridized carbons (Fsp3) is 0.600. The molecule has 0 spiro atoms. The van der Waals surface area contributed by atoms with Gasteiger partial charge in [0.2, 0.25) is 0 Å². The molecule has 0 aliphatic carbocycles. The van der Waals surface area contributed by atoms with Crippen LogP contribution in [0.25, 0.3) is 0 Å². The molecule has 0 aromatic carbocycles. The maximum absolute atomic E-state index is 4.14. The summed E-state index contributed by atoms with van der Waals surface area (Å²) in [6.07, 6.45) is 1.72. The van der Waals surface area contributed by atoms with Crippen LogP contribution < -0.4 is 10.2 Å². The molecular formula is C10H14N4. The molecule has 3 heterocycles. The third kappa shape index (κ3) is 1.26. The fourth-order valence-corrected chi connectivity index (χ4v) is 2.50. The van der Waals surface area contributed by atoms with Crippen LogP contribution in [0.15, 0.2) is 18.3 Å². The van der Waals surface area contributed by atoms with Crippen LogP contribution in [-0.2, 0) is 0 Å². The van der Waals surface area contributed by atoms with Crippen LogP contribution in [-0.4, -0.2) is 36.4 Å². The minimum atomic E-state index is 0.817. The quantitative estimate of drug-likeness (QED) is 0.683.